The Kier molecular flexibility index (Phi) is 1.53. The van der Waals surface area contributed by atoms with Gasteiger partial charge < -0.3 is 0 Å². The van der Waals surface area contributed by atoms with Gasteiger partial charge in [0.15, 0.2) is 5.65 Å². The van der Waals surface area contributed by atoms with Crippen molar-refractivity contribution in [2.75, 3.05) is 0 Å². The molecule has 0 radical (unpaired) electrons. The molecule has 4 heteroatoms. The van der Waals surface area contributed by atoms with Gasteiger partial charge in [-0.15, -0.1) is 0 Å². The van der Waals surface area contributed by atoms with E-state index in [1.807, 2.05) is 24.7 Å². The molecule has 3 heterocycles. The van der Waals surface area contributed by atoms with Gasteiger partial charge in [0.1, 0.15) is 12.7 Å². The molecule has 0 aliphatic heterocycles. The number of rotatable bonds is 0. The predicted molar refractivity (Wildman–Crippen MR) is 65.8 cm³/mol. The van der Waals surface area contributed by atoms with Gasteiger partial charge in [-0.05, 0) is 12.1 Å². The average Bonchev–Trinajstić information content (AvgIpc) is 2.78. The summed E-state index contributed by atoms with van der Waals surface area (Å²) in [6, 6.07) is 10.4. The van der Waals surface area contributed by atoms with Crippen molar-refractivity contribution >= 4 is 27.5 Å². The quantitative estimate of drug-likeness (QED) is 0.457. The molecule has 17 heavy (non-hydrogen) atoms. The Morgan fingerprint density at radius 1 is 1.00 bits per heavy atom. The molecule has 0 fully saturated rings. The van der Waals surface area contributed by atoms with Gasteiger partial charge in [-0.25, -0.2) is 15.0 Å². The lowest BCUT2D eigenvalue weighted by Crippen LogP contribution is -1.91. The van der Waals surface area contributed by atoms with E-state index in [1.54, 1.807) is 0 Å². The van der Waals surface area contributed by atoms with Crippen molar-refractivity contribution in [2.24, 2.45) is 0 Å². The van der Waals surface area contributed by atoms with Crippen LogP contribution < -0.4 is 0 Å². The van der Waals surface area contributed by atoms with Gasteiger partial charge in [0, 0.05) is 11.6 Å². The zero-order valence-corrected chi connectivity index (χ0v) is 8.91. The van der Waals surface area contributed by atoms with E-state index in [0.29, 0.717) is 0 Å². The molecule has 4 nitrogen and oxygen atoms in total. The molecule has 0 aliphatic rings. The van der Waals surface area contributed by atoms with Gasteiger partial charge in [-0.3, -0.25) is 4.40 Å². The van der Waals surface area contributed by atoms with Crippen molar-refractivity contribution in [3.05, 3.63) is 49.2 Å². The maximum absolute atomic E-state index is 4.34. The van der Waals surface area contributed by atoms with Crippen LogP contribution in [0.2, 0.25) is 0 Å². The van der Waals surface area contributed by atoms with Crippen molar-refractivity contribution in [1.82, 2.24) is 19.4 Å². The number of benzene rings is 1. The van der Waals surface area contributed by atoms with Gasteiger partial charge in [-0.2, -0.15) is 0 Å². The molecule has 80 valence electrons. The van der Waals surface area contributed by atoms with Crippen molar-refractivity contribution in [3.63, 3.8) is 0 Å². The number of aromatic nitrogens is 4. The minimum Gasteiger partial charge on any atom is -0.300 e. The van der Waals surface area contributed by atoms with Crippen LogP contribution in [0.3, 0.4) is 0 Å². The largest absolute Gasteiger partial charge is 0.300 e. The number of para-hydroxylation sites is 1. The fraction of sp³-hybridized carbons (Fsp3) is 0. The molecule has 0 N–H and O–H groups in total. The highest BCUT2D eigenvalue weighted by molar-refractivity contribution is 5.98. The molecule has 0 unspecified atom stereocenters. The maximum atomic E-state index is 4.34. The fourth-order valence-electron chi connectivity index (χ4n) is 2.23. The third-order valence-electron chi connectivity index (χ3n) is 3.01. The summed E-state index contributed by atoms with van der Waals surface area (Å²) in [5.74, 6) is 0. The predicted octanol–water partition coefficient (Wildman–Crippen LogP) is 2.43. The minimum atomic E-state index is 0.732. The van der Waals surface area contributed by atoms with Crippen LogP contribution >= 0.6 is 0 Å². The summed E-state index contributed by atoms with van der Waals surface area (Å²) in [5, 5.41) is 2.18. The van der Waals surface area contributed by atoms with Crippen molar-refractivity contribution in [2.45, 2.75) is 0 Å². The first-order valence-corrected chi connectivity index (χ1v) is 5.38. The molecule has 0 saturated carbocycles. The number of hydrogen-bond acceptors (Lipinski definition) is 3. The van der Waals surface area contributed by atoms with Crippen LogP contribution in [0.15, 0.2) is 49.2 Å². The first-order chi connectivity index (χ1) is 8.43. The summed E-state index contributed by atoms with van der Waals surface area (Å²) in [6.07, 6.45) is 5.14. The van der Waals surface area contributed by atoms with Crippen molar-refractivity contribution in [3.8, 4) is 0 Å². The summed E-state index contributed by atoms with van der Waals surface area (Å²) in [7, 11) is 0. The molecule has 0 atom stereocenters. The second-order valence-electron chi connectivity index (χ2n) is 3.96. The van der Waals surface area contributed by atoms with Crippen LogP contribution in [-0.2, 0) is 0 Å². The molecule has 3 aromatic heterocycles. The second-order valence-corrected chi connectivity index (χ2v) is 3.96. The summed E-state index contributed by atoms with van der Waals surface area (Å²) in [6.45, 7) is 0. The zero-order chi connectivity index (χ0) is 11.2. The molecular weight excluding hydrogens is 212 g/mol. The van der Waals surface area contributed by atoms with Gasteiger partial charge in [0.2, 0.25) is 0 Å². The molecule has 0 spiro atoms. The Morgan fingerprint density at radius 2 is 1.94 bits per heavy atom. The van der Waals surface area contributed by atoms with E-state index in [4.69, 9.17) is 0 Å². The van der Waals surface area contributed by atoms with Gasteiger partial charge >= 0.3 is 0 Å². The molecule has 0 amide bonds. The Labute approximate surface area is 96.6 Å². The van der Waals surface area contributed by atoms with E-state index in [-0.39, 0.29) is 0 Å². The highest BCUT2D eigenvalue weighted by Gasteiger charge is 2.06. The zero-order valence-electron chi connectivity index (χ0n) is 8.91. The summed E-state index contributed by atoms with van der Waals surface area (Å²) < 4.78 is 2.07. The SMILES string of the molecule is c1ccc2c(c1)cc1c3cncnc3ncn21. The number of hydrogen-bond donors (Lipinski definition) is 0. The Hall–Kier alpha value is -2.49. The Bertz CT molecular complexity index is 848. The van der Waals surface area contributed by atoms with E-state index in [9.17, 15) is 0 Å². The summed E-state index contributed by atoms with van der Waals surface area (Å²) in [4.78, 5) is 12.6. The van der Waals surface area contributed by atoms with Crippen LogP contribution in [0.25, 0.3) is 27.5 Å². The van der Waals surface area contributed by atoms with E-state index in [2.05, 4.69) is 37.6 Å². The fourth-order valence-corrected chi connectivity index (χ4v) is 2.23. The lowest BCUT2D eigenvalue weighted by Gasteiger charge is -1.99. The van der Waals surface area contributed by atoms with Crippen LogP contribution in [-0.4, -0.2) is 19.4 Å². The molecule has 0 saturated heterocycles. The standard InChI is InChI=1S/C13H8N4/c1-2-4-11-9(3-1)5-12-10-6-14-7-15-13(10)16-8-17(11)12/h1-8H. The highest BCUT2D eigenvalue weighted by Crippen LogP contribution is 2.23. The number of fused-ring (bicyclic) bond motifs is 5. The monoisotopic (exact) mass is 220 g/mol. The lowest BCUT2D eigenvalue weighted by atomic mass is 10.2. The summed E-state index contributed by atoms with van der Waals surface area (Å²) in [5.41, 5.74) is 2.98. The van der Waals surface area contributed by atoms with Crippen molar-refractivity contribution in [1.29, 1.82) is 0 Å². The third-order valence-corrected chi connectivity index (χ3v) is 3.01. The highest BCUT2D eigenvalue weighted by atomic mass is 15.0. The van der Waals surface area contributed by atoms with Crippen molar-refractivity contribution < 1.29 is 0 Å². The van der Waals surface area contributed by atoms with Gasteiger partial charge in [-0.1, -0.05) is 18.2 Å². The molecular formula is C13H8N4. The van der Waals surface area contributed by atoms with Crippen LogP contribution in [0.4, 0.5) is 0 Å². The second kappa shape index (κ2) is 3.01. The summed E-state index contributed by atoms with van der Waals surface area (Å²) >= 11 is 0. The van der Waals surface area contributed by atoms with E-state index in [0.717, 1.165) is 22.1 Å². The van der Waals surface area contributed by atoms with Gasteiger partial charge in [0.05, 0.1) is 16.4 Å². The smallest absolute Gasteiger partial charge is 0.166 e. The minimum absolute atomic E-state index is 0.732. The van der Waals surface area contributed by atoms with E-state index < -0.39 is 0 Å². The van der Waals surface area contributed by atoms with E-state index in [1.165, 1.54) is 11.7 Å². The molecule has 0 bridgehead atoms. The van der Waals surface area contributed by atoms with Crippen LogP contribution in [0.1, 0.15) is 0 Å². The van der Waals surface area contributed by atoms with Crippen LogP contribution in [0, 0.1) is 0 Å². The van der Waals surface area contributed by atoms with Gasteiger partial charge in [0.25, 0.3) is 0 Å². The lowest BCUT2D eigenvalue weighted by molar-refractivity contribution is 1.11. The Morgan fingerprint density at radius 3 is 2.94 bits per heavy atom. The first kappa shape index (κ1) is 8.64. The first-order valence-electron chi connectivity index (χ1n) is 5.38. The van der Waals surface area contributed by atoms with Crippen LogP contribution in [0.5, 0.6) is 0 Å². The molecule has 4 aromatic rings. The third kappa shape index (κ3) is 1.09. The Balaban J connectivity index is 2.34. The maximum Gasteiger partial charge on any atom is 0.166 e. The average molecular weight is 220 g/mol. The van der Waals surface area contributed by atoms with E-state index >= 15 is 0 Å². The topological polar surface area (TPSA) is 43.1 Å². The molecule has 1 aromatic carbocycles. The normalized spacial score (nSPS) is 11.5. The number of nitrogens with zero attached hydrogens (tertiary/aromatic N) is 4. The molecule has 4 rings (SSSR count). The molecule has 0 aliphatic carbocycles.